The van der Waals surface area contributed by atoms with Crippen molar-refractivity contribution in [3.63, 3.8) is 0 Å². The maximum atomic E-state index is 12.8. The largest absolute Gasteiger partial charge is 0.462 e. The van der Waals surface area contributed by atoms with E-state index in [4.69, 9.17) is 14.2 Å². The van der Waals surface area contributed by atoms with Gasteiger partial charge in [-0.3, -0.25) is 14.4 Å². The number of unbranched alkanes of at least 4 members (excludes halogenated alkanes) is 25. The molecule has 0 bridgehead atoms. The number of carbonyl (C=O) groups excluding carboxylic acids is 3. The van der Waals surface area contributed by atoms with Crippen molar-refractivity contribution in [2.45, 2.75) is 258 Å². The summed E-state index contributed by atoms with van der Waals surface area (Å²) in [5.74, 6) is -0.938. The Balaban J connectivity index is 4.44. The van der Waals surface area contributed by atoms with E-state index >= 15 is 0 Å². The highest BCUT2D eigenvalue weighted by Gasteiger charge is 2.19. The zero-order chi connectivity index (χ0) is 44.4. The molecule has 61 heavy (non-hydrogen) atoms. The first-order valence-electron chi connectivity index (χ1n) is 25.8. The molecule has 0 spiro atoms. The van der Waals surface area contributed by atoms with Gasteiger partial charge in [0, 0.05) is 19.3 Å². The van der Waals surface area contributed by atoms with Gasteiger partial charge in [-0.1, -0.05) is 210 Å². The molecular weight excluding hydrogens is 757 g/mol. The molecule has 0 aromatic rings. The van der Waals surface area contributed by atoms with Gasteiger partial charge in [0.2, 0.25) is 0 Å². The Kier molecular flexibility index (Phi) is 47.4. The molecule has 0 radical (unpaired) electrons. The van der Waals surface area contributed by atoms with E-state index in [9.17, 15) is 14.4 Å². The maximum Gasteiger partial charge on any atom is 0.306 e. The summed E-state index contributed by atoms with van der Waals surface area (Å²) in [5.41, 5.74) is 0. The lowest BCUT2D eigenvalue weighted by Crippen LogP contribution is -2.30. The van der Waals surface area contributed by atoms with Crippen LogP contribution in [0.3, 0.4) is 0 Å². The Bertz CT molecular complexity index is 1120. The molecule has 0 amide bonds. The van der Waals surface area contributed by atoms with Gasteiger partial charge in [0.25, 0.3) is 0 Å². The highest BCUT2D eigenvalue weighted by molar-refractivity contribution is 5.71. The van der Waals surface area contributed by atoms with Crippen molar-refractivity contribution >= 4 is 17.9 Å². The molecule has 0 aliphatic carbocycles. The van der Waals surface area contributed by atoms with Crippen LogP contribution in [0.1, 0.15) is 252 Å². The first kappa shape index (κ1) is 58.1. The maximum absolute atomic E-state index is 12.8. The van der Waals surface area contributed by atoms with Gasteiger partial charge >= 0.3 is 17.9 Å². The van der Waals surface area contributed by atoms with Crippen LogP contribution in [0.5, 0.6) is 0 Å². The van der Waals surface area contributed by atoms with Gasteiger partial charge < -0.3 is 14.2 Å². The lowest BCUT2D eigenvalue weighted by atomic mass is 10.0. The summed E-state index contributed by atoms with van der Waals surface area (Å²) in [6.07, 6.45) is 60.6. The average Bonchev–Trinajstić information content (AvgIpc) is 3.26. The van der Waals surface area contributed by atoms with Crippen LogP contribution in [-0.4, -0.2) is 37.2 Å². The van der Waals surface area contributed by atoms with Crippen LogP contribution in [-0.2, 0) is 28.6 Å². The topological polar surface area (TPSA) is 78.9 Å². The van der Waals surface area contributed by atoms with Gasteiger partial charge in [-0.15, -0.1) is 0 Å². The first-order chi connectivity index (χ1) is 30.0. The van der Waals surface area contributed by atoms with Crippen molar-refractivity contribution in [3.05, 3.63) is 60.8 Å². The number of rotatable bonds is 46. The number of hydrogen-bond donors (Lipinski definition) is 0. The zero-order valence-corrected chi connectivity index (χ0v) is 40.2. The summed E-state index contributed by atoms with van der Waals surface area (Å²) in [6, 6.07) is 0. The summed E-state index contributed by atoms with van der Waals surface area (Å²) >= 11 is 0. The summed E-state index contributed by atoms with van der Waals surface area (Å²) in [5, 5.41) is 0. The standard InChI is InChI=1S/C55H96O6/c1-4-7-10-13-16-19-22-25-27-29-30-33-36-39-42-45-48-54(57)60-51-52(50-59-53(56)47-44-41-38-35-32-24-21-18-15-12-9-6-3)61-55(58)49-46-43-40-37-34-31-28-26-23-20-17-14-11-8-5-2/h8,11,17,20,26-29,34,37,52H,4-7,9-10,12-16,18-19,21-25,30-33,35-36,38-51H2,1-3H3/b11-8-,20-17-,28-26-,29-27-,37-34-. The molecule has 0 aliphatic rings. The second-order valence-electron chi connectivity index (χ2n) is 17.1. The highest BCUT2D eigenvalue weighted by Crippen LogP contribution is 2.14. The second kappa shape index (κ2) is 49.8. The van der Waals surface area contributed by atoms with Crippen LogP contribution < -0.4 is 0 Å². The predicted octanol–water partition coefficient (Wildman–Crippen LogP) is 16.9. The van der Waals surface area contributed by atoms with E-state index in [0.29, 0.717) is 19.3 Å². The smallest absolute Gasteiger partial charge is 0.306 e. The fourth-order valence-corrected chi connectivity index (χ4v) is 7.13. The van der Waals surface area contributed by atoms with Crippen LogP contribution in [0, 0.1) is 0 Å². The van der Waals surface area contributed by atoms with Crippen molar-refractivity contribution in [2.24, 2.45) is 0 Å². The Morgan fingerprint density at radius 1 is 0.344 bits per heavy atom. The van der Waals surface area contributed by atoms with E-state index in [1.54, 1.807) is 0 Å². The van der Waals surface area contributed by atoms with Gasteiger partial charge in [-0.2, -0.15) is 0 Å². The SMILES string of the molecule is CC/C=C\C/C=C\C/C=C\C/C=C\CCCCC(=O)OC(COC(=O)CCCCCCC/C=C\CCCCCCCCC)COC(=O)CCCCCCCCCCCCCC. The van der Waals surface area contributed by atoms with Crippen LogP contribution in [0.25, 0.3) is 0 Å². The molecule has 0 aliphatic heterocycles. The van der Waals surface area contributed by atoms with E-state index < -0.39 is 6.10 Å². The van der Waals surface area contributed by atoms with Crippen LogP contribution >= 0.6 is 0 Å². The van der Waals surface area contributed by atoms with Gasteiger partial charge in [0.1, 0.15) is 13.2 Å². The van der Waals surface area contributed by atoms with Crippen molar-refractivity contribution in [1.82, 2.24) is 0 Å². The molecule has 6 heteroatoms. The van der Waals surface area contributed by atoms with Gasteiger partial charge in [-0.25, -0.2) is 0 Å². The highest BCUT2D eigenvalue weighted by atomic mass is 16.6. The molecule has 6 nitrogen and oxygen atoms in total. The van der Waals surface area contributed by atoms with E-state index in [1.165, 1.54) is 122 Å². The summed E-state index contributed by atoms with van der Waals surface area (Å²) in [7, 11) is 0. The normalized spacial score (nSPS) is 12.5. The monoisotopic (exact) mass is 853 g/mol. The molecule has 0 saturated heterocycles. The summed E-state index contributed by atoms with van der Waals surface area (Å²) in [4.78, 5) is 37.9. The second-order valence-corrected chi connectivity index (χ2v) is 17.1. The number of ether oxygens (including phenoxy) is 3. The molecule has 0 fully saturated rings. The van der Waals surface area contributed by atoms with E-state index in [0.717, 1.165) is 83.5 Å². The van der Waals surface area contributed by atoms with Crippen molar-refractivity contribution in [1.29, 1.82) is 0 Å². The Morgan fingerprint density at radius 2 is 0.639 bits per heavy atom. The van der Waals surface area contributed by atoms with Crippen LogP contribution in [0.15, 0.2) is 60.8 Å². The molecule has 0 N–H and O–H groups in total. The fourth-order valence-electron chi connectivity index (χ4n) is 7.13. The molecule has 1 atom stereocenters. The number of allylic oxidation sites excluding steroid dienone is 10. The fraction of sp³-hybridized carbons (Fsp3) is 0.764. The van der Waals surface area contributed by atoms with E-state index in [1.807, 2.05) is 0 Å². The third kappa shape index (κ3) is 48.0. The zero-order valence-electron chi connectivity index (χ0n) is 40.2. The third-order valence-corrected chi connectivity index (χ3v) is 11.0. The third-order valence-electron chi connectivity index (χ3n) is 11.0. The lowest BCUT2D eigenvalue weighted by Gasteiger charge is -2.18. The minimum atomic E-state index is -0.796. The number of esters is 3. The summed E-state index contributed by atoms with van der Waals surface area (Å²) < 4.78 is 16.7. The Labute approximate surface area is 377 Å². The minimum Gasteiger partial charge on any atom is -0.462 e. The Hall–Kier alpha value is -2.89. The molecule has 0 aromatic heterocycles. The molecule has 0 heterocycles. The Morgan fingerprint density at radius 3 is 1.05 bits per heavy atom. The van der Waals surface area contributed by atoms with Crippen LogP contribution in [0.4, 0.5) is 0 Å². The van der Waals surface area contributed by atoms with Gasteiger partial charge in [-0.05, 0) is 83.5 Å². The number of hydrogen-bond acceptors (Lipinski definition) is 6. The van der Waals surface area contributed by atoms with Crippen molar-refractivity contribution < 1.29 is 28.6 Å². The van der Waals surface area contributed by atoms with Crippen molar-refractivity contribution in [2.75, 3.05) is 13.2 Å². The molecule has 0 rings (SSSR count). The van der Waals surface area contributed by atoms with E-state index in [-0.39, 0.29) is 37.5 Å². The van der Waals surface area contributed by atoms with Gasteiger partial charge in [0.15, 0.2) is 6.10 Å². The van der Waals surface area contributed by atoms with Crippen LogP contribution in [0.2, 0.25) is 0 Å². The number of carbonyl (C=O) groups is 3. The average molecular weight is 853 g/mol. The molecule has 1 unspecified atom stereocenters. The van der Waals surface area contributed by atoms with Crippen molar-refractivity contribution in [3.8, 4) is 0 Å². The molecular formula is C55H96O6. The first-order valence-corrected chi connectivity index (χ1v) is 25.8. The van der Waals surface area contributed by atoms with Gasteiger partial charge in [0.05, 0.1) is 0 Å². The quantitative estimate of drug-likeness (QED) is 0.0263. The predicted molar refractivity (Wildman–Crippen MR) is 261 cm³/mol. The molecule has 0 saturated carbocycles. The molecule has 352 valence electrons. The molecule has 0 aromatic carbocycles. The lowest BCUT2D eigenvalue weighted by molar-refractivity contribution is -0.167. The van der Waals surface area contributed by atoms with E-state index in [2.05, 4.69) is 81.5 Å². The summed E-state index contributed by atoms with van der Waals surface area (Å²) in [6.45, 7) is 6.48. The minimum absolute atomic E-state index is 0.0917.